The van der Waals surface area contributed by atoms with Crippen molar-refractivity contribution in [3.8, 4) is 5.88 Å². The molecule has 2 heterocycles. The van der Waals surface area contributed by atoms with Crippen LogP contribution in [0.4, 0.5) is 5.95 Å². The second kappa shape index (κ2) is 5.12. The maximum atomic E-state index is 5.08. The summed E-state index contributed by atoms with van der Waals surface area (Å²) in [5.74, 6) is 1.32. The van der Waals surface area contributed by atoms with Crippen LogP contribution in [-0.2, 0) is 0 Å². The average molecular weight is 222 g/mol. The molecule has 1 N–H and O–H groups in total. The van der Waals surface area contributed by atoms with Gasteiger partial charge in [0.15, 0.2) is 0 Å². The fraction of sp³-hybridized carbons (Fsp3) is 0.636. The Morgan fingerprint density at radius 1 is 1.62 bits per heavy atom. The van der Waals surface area contributed by atoms with Gasteiger partial charge in [-0.05, 0) is 19.4 Å². The van der Waals surface area contributed by atoms with E-state index in [-0.39, 0.29) is 0 Å². The largest absolute Gasteiger partial charge is 0.481 e. The van der Waals surface area contributed by atoms with Gasteiger partial charge >= 0.3 is 0 Å². The number of likely N-dealkylation sites (N-methyl/N-ethyl adjacent to an activating group) is 1. The maximum absolute atomic E-state index is 5.08. The Kier molecular flexibility index (Phi) is 3.56. The van der Waals surface area contributed by atoms with Gasteiger partial charge < -0.3 is 15.0 Å². The van der Waals surface area contributed by atoms with Gasteiger partial charge in [-0.3, -0.25) is 0 Å². The summed E-state index contributed by atoms with van der Waals surface area (Å²) < 4.78 is 5.08. The third kappa shape index (κ3) is 2.61. The van der Waals surface area contributed by atoms with E-state index in [2.05, 4.69) is 20.2 Å². The highest BCUT2D eigenvalue weighted by atomic mass is 16.5. The molecule has 0 radical (unpaired) electrons. The number of anilines is 1. The normalized spacial score (nSPS) is 19.8. The lowest BCUT2D eigenvalue weighted by atomic mass is 10.2. The van der Waals surface area contributed by atoms with Gasteiger partial charge in [0.1, 0.15) is 0 Å². The number of aromatic nitrogens is 2. The molecule has 1 fully saturated rings. The molecule has 1 atom stereocenters. The molecule has 2 rings (SSSR count). The Balaban J connectivity index is 1.98. The van der Waals surface area contributed by atoms with Crippen molar-refractivity contribution in [2.24, 2.45) is 0 Å². The summed E-state index contributed by atoms with van der Waals surface area (Å²) >= 11 is 0. The number of nitrogens with zero attached hydrogens (tertiary/aromatic N) is 3. The predicted octanol–water partition coefficient (Wildman–Crippen LogP) is 0.673. The van der Waals surface area contributed by atoms with E-state index in [1.54, 1.807) is 19.4 Å². The Morgan fingerprint density at radius 3 is 3.19 bits per heavy atom. The lowest BCUT2D eigenvalue weighted by Gasteiger charge is -2.21. The van der Waals surface area contributed by atoms with Gasteiger partial charge in [0.25, 0.3) is 0 Å². The minimum Gasteiger partial charge on any atom is -0.481 e. The van der Waals surface area contributed by atoms with E-state index in [4.69, 9.17) is 4.74 Å². The van der Waals surface area contributed by atoms with Crippen LogP contribution in [0.3, 0.4) is 0 Å². The summed E-state index contributed by atoms with van der Waals surface area (Å²) in [4.78, 5) is 10.6. The summed E-state index contributed by atoms with van der Waals surface area (Å²) in [6.07, 6.45) is 4.21. The highest BCUT2D eigenvalue weighted by molar-refractivity contribution is 5.31. The van der Waals surface area contributed by atoms with Crippen LogP contribution >= 0.6 is 0 Å². The van der Waals surface area contributed by atoms with Crippen LogP contribution in [0.5, 0.6) is 5.88 Å². The smallest absolute Gasteiger partial charge is 0.228 e. The molecule has 0 amide bonds. The average Bonchev–Trinajstić information content (AvgIpc) is 2.82. The molecular weight excluding hydrogens is 204 g/mol. The third-order valence-electron chi connectivity index (χ3n) is 2.82. The van der Waals surface area contributed by atoms with Crippen LogP contribution in [0.25, 0.3) is 0 Å². The molecule has 1 unspecified atom stereocenters. The standard InChI is InChI=1S/C11H18N4O/c1-15(8-9-4-3-6-12-9)11-13-7-5-10(14-11)16-2/h5,7,9,12H,3-4,6,8H2,1-2H3. The summed E-state index contributed by atoms with van der Waals surface area (Å²) in [6, 6.07) is 2.31. The fourth-order valence-corrected chi connectivity index (χ4v) is 1.95. The Hall–Kier alpha value is -1.36. The zero-order valence-corrected chi connectivity index (χ0v) is 9.81. The monoisotopic (exact) mass is 222 g/mol. The molecule has 1 aliphatic rings. The zero-order valence-electron chi connectivity index (χ0n) is 9.81. The second-order valence-corrected chi connectivity index (χ2v) is 4.07. The minimum atomic E-state index is 0.555. The van der Waals surface area contributed by atoms with Crippen molar-refractivity contribution in [3.63, 3.8) is 0 Å². The molecule has 88 valence electrons. The van der Waals surface area contributed by atoms with Crippen molar-refractivity contribution in [1.29, 1.82) is 0 Å². The van der Waals surface area contributed by atoms with E-state index in [1.807, 2.05) is 7.05 Å². The summed E-state index contributed by atoms with van der Waals surface area (Å²) in [7, 11) is 3.62. The molecule has 0 bridgehead atoms. The third-order valence-corrected chi connectivity index (χ3v) is 2.82. The van der Waals surface area contributed by atoms with Crippen LogP contribution in [0.15, 0.2) is 12.3 Å². The molecule has 0 aromatic carbocycles. The minimum absolute atomic E-state index is 0.555. The number of rotatable bonds is 4. The fourth-order valence-electron chi connectivity index (χ4n) is 1.95. The van der Waals surface area contributed by atoms with Crippen LogP contribution in [0, 0.1) is 0 Å². The van der Waals surface area contributed by atoms with Crippen LogP contribution < -0.4 is 15.0 Å². The molecule has 1 saturated heterocycles. The lowest BCUT2D eigenvalue weighted by molar-refractivity contribution is 0.396. The lowest BCUT2D eigenvalue weighted by Crippen LogP contribution is -2.36. The van der Waals surface area contributed by atoms with Crippen LogP contribution in [0.1, 0.15) is 12.8 Å². The van der Waals surface area contributed by atoms with Gasteiger partial charge in [0, 0.05) is 31.9 Å². The van der Waals surface area contributed by atoms with E-state index in [9.17, 15) is 0 Å². The summed E-state index contributed by atoms with van der Waals surface area (Å²) in [5.41, 5.74) is 0. The second-order valence-electron chi connectivity index (χ2n) is 4.07. The molecule has 1 aromatic rings. The molecule has 0 spiro atoms. The topological polar surface area (TPSA) is 50.3 Å². The first-order chi connectivity index (χ1) is 7.79. The molecule has 5 nitrogen and oxygen atoms in total. The van der Waals surface area contributed by atoms with Crippen molar-refractivity contribution in [1.82, 2.24) is 15.3 Å². The molecule has 16 heavy (non-hydrogen) atoms. The molecule has 0 saturated carbocycles. The molecular formula is C11H18N4O. The van der Waals surface area contributed by atoms with Gasteiger partial charge in [-0.15, -0.1) is 0 Å². The van der Waals surface area contributed by atoms with Crippen LogP contribution in [-0.4, -0.2) is 43.3 Å². The molecule has 5 heteroatoms. The van der Waals surface area contributed by atoms with Gasteiger partial charge in [-0.1, -0.05) is 0 Å². The van der Waals surface area contributed by atoms with Gasteiger partial charge in [0.05, 0.1) is 7.11 Å². The van der Waals surface area contributed by atoms with E-state index in [0.717, 1.165) is 13.1 Å². The van der Waals surface area contributed by atoms with Crippen molar-refractivity contribution in [2.75, 3.05) is 32.1 Å². The van der Waals surface area contributed by atoms with Gasteiger partial charge in [0.2, 0.25) is 11.8 Å². The highest BCUT2D eigenvalue weighted by Crippen LogP contribution is 2.13. The number of nitrogens with one attached hydrogen (secondary N) is 1. The predicted molar refractivity (Wildman–Crippen MR) is 62.9 cm³/mol. The van der Waals surface area contributed by atoms with E-state index >= 15 is 0 Å². The molecule has 1 aromatic heterocycles. The van der Waals surface area contributed by atoms with Gasteiger partial charge in [-0.2, -0.15) is 4.98 Å². The number of methoxy groups -OCH3 is 1. The number of ether oxygens (including phenoxy) is 1. The molecule has 0 aliphatic carbocycles. The first kappa shape index (κ1) is 11.1. The number of hydrogen-bond acceptors (Lipinski definition) is 5. The van der Waals surface area contributed by atoms with E-state index in [1.165, 1.54) is 12.8 Å². The Morgan fingerprint density at radius 2 is 2.50 bits per heavy atom. The Bertz CT molecular complexity index is 339. The highest BCUT2D eigenvalue weighted by Gasteiger charge is 2.17. The quantitative estimate of drug-likeness (QED) is 0.811. The summed E-state index contributed by atoms with van der Waals surface area (Å²) in [6.45, 7) is 2.06. The van der Waals surface area contributed by atoms with E-state index in [0.29, 0.717) is 17.9 Å². The van der Waals surface area contributed by atoms with Crippen molar-refractivity contribution < 1.29 is 4.74 Å². The van der Waals surface area contributed by atoms with E-state index < -0.39 is 0 Å². The molecule has 1 aliphatic heterocycles. The number of hydrogen-bond donors (Lipinski definition) is 1. The van der Waals surface area contributed by atoms with Crippen LogP contribution in [0.2, 0.25) is 0 Å². The zero-order chi connectivity index (χ0) is 11.4. The maximum Gasteiger partial charge on any atom is 0.228 e. The van der Waals surface area contributed by atoms with Crippen molar-refractivity contribution in [3.05, 3.63) is 12.3 Å². The van der Waals surface area contributed by atoms with Crippen molar-refractivity contribution in [2.45, 2.75) is 18.9 Å². The van der Waals surface area contributed by atoms with Gasteiger partial charge in [-0.25, -0.2) is 4.98 Å². The Labute approximate surface area is 95.8 Å². The SMILES string of the molecule is COc1ccnc(N(C)CC2CCCN2)n1. The van der Waals surface area contributed by atoms with Crippen molar-refractivity contribution >= 4 is 5.95 Å². The first-order valence-corrected chi connectivity index (χ1v) is 5.61. The summed E-state index contributed by atoms with van der Waals surface area (Å²) in [5, 5.41) is 3.46. The first-order valence-electron chi connectivity index (χ1n) is 5.61.